The van der Waals surface area contributed by atoms with Gasteiger partial charge < -0.3 is 0 Å². The SMILES string of the molecule is CCc1ccc(F)c([Si](C)(C)C)c1. The van der Waals surface area contributed by atoms with E-state index in [4.69, 9.17) is 0 Å². The predicted octanol–water partition coefficient (Wildman–Crippen LogP) is 2.93. The fourth-order valence-electron chi connectivity index (χ4n) is 1.37. The molecule has 0 fully saturated rings. The standard InChI is InChI=1S/C11H17FSi/c1-5-9-6-7-10(12)11(8-9)13(2,3)4/h6-8H,5H2,1-4H3. The van der Waals surface area contributed by atoms with Gasteiger partial charge in [0.15, 0.2) is 0 Å². The zero-order chi connectivity index (χ0) is 10.1. The Kier molecular flexibility index (Phi) is 2.91. The Labute approximate surface area is 80.8 Å². The molecule has 0 aliphatic heterocycles. The Hall–Kier alpha value is -0.633. The van der Waals surface area contributed by atoms with Crippen LogP contribution in [-0.2, 0) is 6.42 Å². The van der Waals surface area contributed by atoms with Gasteiger partial charge in [0, 0.05) is 0 Å². The molecule has 0 bridgehead atoms. The third-order valence-corrected chi connectivity index (χ3v) is 4.25. The van der Waals surface area contributed by atoms with Crippen LogP contribution in [0.2, 0.25) is 19.6 Å². The van der Waals surface area contributed by atoms with Gasteiger partial charge in [0.2, 0.25) is 0 Å². The van der Waals surface area contributed by atoms with Crippen LogP contribution in [0.4, 0.5) is 4.39 Å². The maximum Gasteiger partial charge on any atom is 0.122 e. The molecular formula is C11H17FSi. The van der Waals surface area contributed by atoms with Gasteiger partial charge in [-0.1, -0.05) is 38.7 Å². The summed E-state index contributed by atoms with van der Waals surface area (Å²) < 4.78 is 13.4. The summed E-state index contributed by atoms with van der Waals surface area (Å²) in [7, 11) is -1.50. The Bertz CT molecular complexity index is 299. The molecule has 0 nitrogen and oxygen atoms in total. The second kappa shape index (κ2) is 3.62. The second-order valence-corrected chi connectivity index (χ2v) is 9.46. The van der Waals surface area contributed by atoms with Gasteiger partial charge in [-0.15, -0.1) is 0 Å². The van der Waals surface area contributed by atoms with E-state index in [9.17, 15) is 4.39 Å². The van der Waals surface area contributed by atoms with Crippen molar-refractivity contribution >= 4 is 13.3 Å². The van der Waals surface area contributed by atoms with Gasteiger partial charge in [0.05, 0.1) is 8.07 Å². The third kappa shape index (κ3) is 2.40. The van der Waals surface area contributed by atoms with E-state index in [2.05, 4.69) is 26.6 Å². The van der Waals surface area contributed by atoms with E-state index < -0.39 is 8.07 Å². The van der Waals surface area contributed by atoms with Gasteiger partial charge in [-0.2, -0.15) is 0 Å². The number of hydrogen-bond acceptors (Lipinski definition) is 0. The topological polar surface area (TPSA) is 0 Å². The molecule has 0 aliphatic rings. The number of benzene rings is 1. The highest BCUT2D eigenvalue weighted by atomic mass is 28.3. The van der Waals surface area contributed by atoms with Crippen molar-refractivity contribution in [2.24, 2.45) is 0 Å². The van der Waals surface area contributed by atoms with E-state index in [1.54, 1.807) is 6.07 Å². The lowest BCUT2D eigenvalue weighted by Gasteiger charge is -2.18. The molecule has 1 aromatic carbocycles. The van der Waals surface area contributed by atoms with Crippen LogP contribution in [0.3, 0.4) is 0 Å². The number of rotatable bonds is 2. The van der Waals surface area contributed by atoms with Crippen LogP contribution in [0.15, 0.2) is 18.2 Å². The Balaban J connectivity index is 3.19. The molecule has 0 aromatic heterocycles. The monoisotopic (exact) mass is 196 g/mol. The fraction of sp³-hybridized carbons (Fsp3) is 0.455. The van der Waals surface area contributed by atoms with Gasteiger partial charge in [-0.25, -0.2) is 4.39 Å². The average molecular weight is 196 g/mol. The lowest BCUT2D eigenvalue weighted by Crippen LogP contribution is -2.40. The summed E-state index contributed by atoms with van der Waals surface area (Å²) in [4.78, 5) is 0. The van der Waals surface area contributed by atoms with E-state index >= 15 is 0 Å². The first-order valence-corrected chi connectivity index (χ1v) is 8.24. The quantitative estimate of drug-likeness (QED) is 0.638. The first-order chi connectivity index (χ1) is 5.95. The largest absolute Gasteiger partial charge is 0.207 e. The molecular weight excluding hydrogens is 179 g/mol. The molecule has 13 heavy (non-hydrogen) atoms. The van der Waals surface area contributed by atoms with Gasteiger partial charge in [0.25, 0.3) is 0 Å². The van der Waals surface area contributed by atoms with Crippen molar-refractivity contribution in [3.8, 4) is 0 Å². The highest BCUT2D eigenvalue weighted by molar-refractivity contribution is 6.88. The first kappa shape index (κ1) is 10.4. The molecule has 0 saturated heterocycles. The van der Waals surface area contributed by atoms with E-state index in [1.807, 2.05) is 12.1 Å². The Morgan fingerprint density at radius 2 is 1.85 bits per heavy atom. The van der Waals surface area contributed by atoms with E-state index in [-0.39, 0.29) is 5.82 Å². The maximum atomic E-state index is 13.4. The zero-order valence-corrected chi connectivity index (χ0v) is 9.82. The number of aryl methyl sites for hydroxylation is 1. The lowest BCUT2D eigenvalue weighted by molar-refractivity contribution is 0.634. The van der Waals surface area contributed by atoms with Crippen LogP contribution in [0, 0.1) is 5.82 Å². The number of hydrogen-bond donors (Lipinski definition) is 0. The molecule has 72 valence electrons. The van der Waals surface area contributed by atoms with Gasteiger partial charge in [-0.3, -0.25) is 0 Å². The maximum absolute atomic E-state index is 13.4. The molecule has 0 saturated carbocycles. The molecule has 1 rings (SSSR count). The highest BCUT2D eigenvalue weighted by Gasteiger charge is 2.20. The molecule has 0 spiro atoms. The van der Waals surface area contributed by atoms with Crippen molar-refractivity contribution in [1.82, 2.24) is 0 Å². The lowest BCUT2D eigenvalue weighted by atomic mass is 10.2. The summed E-state index contributed by atoms with van der Waals surface area (Å²) in [5.74, 6) is -0.0311. The van der Waals surface area contributed by atoms with E-state index in [0.717, 1.165) is 11.6 Å². The smallest absolute Gasteiger partial charge is 0.122 e. The van der Waals surface area contributed by atoms with Crippen LogP contribution < -0.4 is 5.19 Å². The molecule has 1 aromatic rings. The van der Waals surface area contributed by atoms with Crippen molar-refractivity contribution < 1.29 is 4.39 Å². The minimum atomic E-state index is -1.50. The molecule has 0 N–H and O–H groups in total. The molecule has 0 amide bonds. The first-order valence-electron chi connectivity index (χ1n) is 4.74. The molecule has 0 heterocycles. The summed E-state index contributed by atoms with van der Waals surface area (Å²) in [6, 6.07) is 5.51. The van der Waals surface area contributed by atoms with Gasteiger partial charge >= 0.3 is 0 Å². The highest BCUT2D eigenvalue weighted by Crippen LogP contribution is 2.09. The Morgan fingerprint density at radius 3 is 2.31 bits per heavy atom. The summed E-state index contributed by atoms with van der Waals surface area (Å²) in [5, 5.41) is 0.951. The van der Waals surface area contributed by atoms with Crippen LogP contribution in [-0.4, -0.2) is 8.07 Å². The molecule has 0 radical (unpaired) electrons. The van der Waals surface area contributed by atoms with E-state index in [1.165, 1.54) is 5.56 Å². The number of halogens is 1. The minimum absolute atomic E-state index is 0.0311. The molecule has 0 atom stereocenters. The van der Waals surface area contributed by atoms with Crippen molar-refractivity contribution in [3.63, 3.8) is 0 Å². The van der Waals surface area contributed by atoms with E-state index in [0.29, 0.717) is 0 Å². The van der Waals surface area contributed by atoms with Crippen molar-refractivity contribution in [2.45, 2.75) is 33.0 Å². The third-order valence-electron chi connectivity index (χ3n) is 2.25. The average Bonchev–Trinajstić information content (AvgIpc) is 2.03. The predicted molar refractivity (Wildman–Crippen MR) is 58.8 cm³/mol. The minimum Gasteiger partial charge on any atom is -0.207 e. The van der Waals surface area contributed by atoms with Gasteiger partial charge in [0.1, 0.15) is 5.82 Å². The van der Waals surface area contributed by atoms with Crippen molar-refractivity contribution in [2.75, 3.05) is 0 Å². The molecule has 0 unspecified atom stereocenters. The molecule has 2 heteroatoms. The van der Waals surface area contributed by atoms with Gasteiger partial charge in [-0.05, 0) is 23.2 Å². The second-order valence-electron chi connectivity index (χ2n) is 4.42. The van der Waals surface area contributed by atoms with Crippen LogP contribution in [0.1, 0.15) is 12.5 Å². The van der Waals surface area contributed by atoms with Crippen LogP contribution >= 0.6 is 0 Å². The summed E-state index contributed by atoms with van der Waals surface area (Å²) in [6.07, 6.45) is 0.984. The van der Waals surface area contributed by atoms with Crippen LogP contribution in [0.5, 0.6) is 0 Å². The van der Waals surface area contributed by atoms with Crippen LogP contribution in [0.25, 0.3) is 0 Å². The normalized spacial score (nSPS) is 11.8. The molecule has 0 aliphatic carbocycles. The zero-order valence-electron chi connectivity index (χ0n) is 8.82. The fourth-order valence-corrected chi connectivity index (χ4v) is 2.79. The summed E-state index contributed by atoms with van der Waals surface area (Å²) in [6.45, 7) is 8.61. The van der Waals surface area contributed by atoms with Crippen molar-refractivity contribution in [3.05, 3.63) is 29.6 Å². The van der Waals surface area contributed by atoms with Crippen molar-refractivity contribution in [1.29, 1.82) is 0 Å². The summed E-state index contributed by atoms with van der Waals surface area (Å²) >= 11 is 0. The summed E-state index contributed by atoms with van der Waals surface area (Å²) in [5.41, 5.74) is 1.24. The Morgan fingerprint density at radius 1 is 1.23 bits per heavy atom.